The lowest BCUT2D eigenvalue weighted by atomic mass is 9.75. The number of nitro groups is 2. The number of non-ortho nitro benzene ring substituents is 2. The number of methoxy groups -OCH3 is 4. The number of rotatable bonds is 10. The Kier molecular flexibility index (Phi) is 30.6. The summed E-state index contributed by atoms with van der Waals surface area (Å²) in [6.45, 7) is 35.6. The molecule has 3 fully saturated rings. The standard InChI is InChI=1S/C17H24INO3.C17H22N2O5.C17H26N2O3.C16H28BNO4.C7H6BrNO3/c1-17(2,3)22-16(20)19-9-7-12(8-10-19)14-6-5-13(18)11-15(14)21-4;1-17(2,3)24-16(20)18-9-7-12(8-10-18)14-6-5-13(19(21)22)11-15(14)23-4;1-17(2,3)22-16(20)19-9-7-12(8-10-19)14-6-5-13(18)11-15(14)21-4;1-14(2,3)20-13(19)18-10-8-12(9-11-18)17-21-15(4,5)16(6,7)22-17;1-12-7-4-5(9(10)11)2-3-6(7)8/h5-6,11-12H,7-10H2,1-4H3;5-7,11H,8-10H2,1-4H3;5-6,11-12H,7-10,18H2,1-4H3;8H,9-11H2,1-7H3;2-4H,1H3. The van der Waals surface area contributed by atoms with Crippen molar-refractivity contribution >= 4 is 92.6 Å². The number of amides is 4. The number of halogens is 2. The third-order valence-corrected chi connectivity index (χ3v) is 18.4. The topological polar surface area (TPSA) is 286 Å². The number of likely N-dealkylation sites (tertiary alicyclic amines) is 2. The molecular formula is C74H106BBrIN7O18. The number of carbonyl (C=O) groups excluding carboxylic acids is 4. The van der Waals surface area contributed by atoms with Crippen LogP contribution in [0.5, 0.6) is 23.0 Å². The molecule has 5 heterocycles. The van der Waals surface area contributed by atoms with Crippen LogP contribution in [0.2, 0.25) is 0 Å². The summed E-state index contributed by atoms with van der Waals surface area (Å²) >= 11 is 5.48. The van der Waals surface area contributed by atoms with Crippen LogP contribution in [0, 0.1) is 23.8 Å². The highest BCUT2D eigenvalue weighted by atomic mass is 127. The molecule has 4 aromatic rings. The maximum Gasteiger partial charge on any atom is 0.490 e. The zero-order valence-corrected chi connectivity index (χ0v) is 66.8. The summed E-state index contributed by atoms with van der Waals surface area (Å²) in [6.07, 6.45) is 7.97. The third-order valence-electron chi connectivity index (χ3n) is 17.0. The molecule has 102 heavy (non-hydrogen) atoms. The molecule has 0 spiro atoms. The molecule has 25 nitrogen and oxygen atoms in total. The van der Waals surface area contributed by atoms with Crippen molar-refractivity contribution in [1.82, 2.24) is 19.6 Å². The molecule has 0 radical (unpaired) electrons. The maximum absolute atomic E-state index is 12.1. The number of carbonyl (C=O) groups is 4. The smallest absolute Gasteiger partial charge is 0.490 e. The summed E-state index contributed by atoms with van der Waals surface area (Å²) < 4.78 is 56.7. The van der Waals surface area contributed by atoms with Gasteiger partial charge in [-0.3, -0.25) is 20.2 Å². The van der Waals surface area contributed by atoms with Crippen LogP contribution >= 0.6 is 38.5 Å². The average molecular weight is 1600 g/mol. The van der Waals surface area contributed by atoms with Crippen LogP contribution < -0.4 is 24.7 Å². The van der Waals surface area contributed by atoms with Crippen molar-refractivity contribution in [3.05, 3.63) is 135 Å². The molecule has 5 aliphatic heterocycles. The van der Waals surface area contributed by atoms with Crippen LogP contribution in [0.4, 0.5) is 36.2 Å². The molecule has 3 saturated heterocycles. The van der Waals surface area contributed by atoms with Gasteiger partial charge in [-0.2, -0.15) is 0 Å². The normalized spacial score (nSPS) is 16.9. The van der Waals surface area contributed by atoms with E-state index in [0.717, 1.165) is 73.3 Å². The van der Waals surface area contributed by atoms with E-state index in [2.05, 4.69) is 56.7 Å². The van der Waals surface area contributed by atoms with Crippen LogP contribution in [0.15, 0.2) is 94.9 Å². The summed E-state index contributed by atoms with van der Waals surface area (Å²) in [6, 6.07) is 21.0. The van der Waals surface area contributed by atoms with Crippen molar-refractivity contribution in [2.45, 2.75) is 195 Å². The Morgan fingerprint density at radius 3 is 1.28 bits per heavy atom. The molecule has 0 aliphatic carbocycles. The Morgan fingerprint density at radius 1 is 0.520 bits per heavy atom. The molecule has 28 heteroatoms. The predicted octanol–water partition coefficient (Wildman–Crippen LogP) is 17.0. The SMILES string of the molecule is CC(C)(C)OC(=O)N1CC=C(B2OC(C)(C)C(C)(C)O2)CC1.COc1cc(I)ccc1C1CCN(C(=O)OC(C)(C)C)CC1.COc1cc(N)ccc1C1CCN(C(=O)OC(C)(C)C)CC1.COc1cc([N+](=O)[O-])ccc1Br.COc1cc([N+](=O)[O-])ccc1C1=CCN(C(=O)OC(C)(C)C)CC1. The van der Waals surface area contributed by atoms with Gasteiger partial charge in [0.05, 0.1) is 66.1 Å². The molecule has 0 bridgehead atoms. The van der Waals surface area contributed by atoms with Gasteiger partial charge in [-0.25, -0.2) is 19.2 Å². The number of nitrogens with two attached hydrogens (primary N) is 1. The van der Waals surface area contributed by atoms with E-state index in [9.17, 15) is 39.4 Å². The van der Waals surface area contributed by atoms with E-state index in [1.54, 1.807) is 46.0 Å². The molecule has 5 aliphatic rings. The zero-order valence-electron chi connectivity index (χ0n) is 63.1. The fraction of sp³-hybridized carbons (Fsp3) is 0.568. The first-order valence-corrected chi connectivity index (χ1v) is 36.0. The monoisotopic (exact) mass is 1600 g/mol. The van der Waals surface area contributed by atoms with Crippen molar-refractivity contribution in [1.29, 1.82) is 0 Å². The summed E-state index contributed by atoms with van der Waals surface area (Å²) in [5, 5.41) is 21.2. The minimum atomic E-state index is -0.525. The fourth-order valence-electron chi connectivity index (χ4n) is 11.1. The Bertz CT molecular complexity index is 3490. The molecule has 0 aromatic heterocycles. The molecule has 4 aromatic carbocycles. The Labute approximate surface area is 624 Å². The van der Waals surface area contributed by atoms with Crippen LogP contribution in [-0.2, 0) is 28.3 Å². The van der Waals surface area contributed by atoms with Crippen molar-refractivity contribution in [2.75, 3.05) is 86.5 Å². The minimum Gasteiger partial charge on any atom is -0.496 e. The lowest BCUT2D eigenvalue weighted by molar-refractivity contribution is -0.385. The van der Waals surface area contributed by atoms with Crippen LogP contribution in [0.1, 0.15) is 178 Å². The fourth-order valence-corrected chi connectivity index (χ4v) is 12.0. The number of hydrogen-bond donors (Lipinski definition) is 1. The second-order valence-electron chi connectivity index (χ2n) is 30.0. The van der Waals surface area contributed by atoms with E-state index < -0.39 is 32.3 Å². The van der Waals surface area contributed by atoms with Crippen molar-refractivity contribution < 1.29 is 76.2 Å². The molecule has 562 valence electrons. The highest BCUT2D eigenvalue weighted by Crippen LogP contribution is 2.41. The van der Waals surface area contributed by atoms with Gasteiger partial charge in [-0.15, -0.1) is 0 Å². The number of piperidine rings is 2. The lowest BCUT2D eigenvalue weighted by Gasteiger charge is -2.34. The van der Waals surface area contributed by atoms with E-state index >= 15 is 0 Å². The molecule has 9 rings (SSSR count). The average Bonchev–Trinajstić information content (AvgIpc) is 1.69. The first kappa shape index (κ1) is 85.1. The van der Waals surface area contributed by atoms with Gasteiger partial charge in [0.25, 0.3) is 11.4 Å². The van der Waals surface area contributed by atoms with Crippen LogP contribution in [-0.4, -0.2) is 175 Å². The van der Waals surface area contributed by atoms with E-state index in [-0.39, 0.29) is 54.1 Å². The van der Waals surface area contributed by atoms with Crippen LogP contribution in [0.3, 0.4) is 0 Å². The maximum atomic E-state index is 12.1. The van der Waals surface area contributed by atoms with Crippen molar-refractivity contribution in [3.63, 3.8) is 0 Å². The molecule has 0 saturated carbocycles. The summed E-state index contributed by atoms with van der Waals surface area (Å²) in [7, 11) is 6.01. The van der Waals surface area contributed by atoms with E-state index in [4.69, 9.17) is 52.9 Å². The number of ether oxygens (including phenoxy) is 8. The summed E-state index contributed by atoms with van der Waals surface area (Å²) in [5.74, 6) is 3.52. The quantitative estimate of drug-likeness (QED) is 0.0385. The first-order valence-electron chi connectivity index (χ1n) is 34.1. The Hall–Kier alpha value is -7.57. The lowest BCUT2D eigenvalue weighted by Crippen LogP contribution is -2.41. The van der Waals surface area contributed by atoms with Gasteiger partial charge < -0.3 is 72.5 Å². The number of nitrogens with zero attached hydrogens (tertiary/aromatic N) is 6. The number of nitro benzene ring substituents is 2. The highest BCUT2D eigenvalue weighted by Gasteiger charge is 2.52. The molecular weight excluding hydrogens is 1490 g/mol. The van der Waals surface area contributed by atoms with E-state index in [1.165, 1.54) is 53.2 Å². The van der Waals surface area contributed by atoms with Gasteiger partial charge >= 0.3 is 31.5 Å². The molecule has 0 atom stereocenters. The van der Waals surface area contributed by atoms with Gasteiger partial charge in [0.2, 0.25) is 0 Å². The largest absolute Gasteiger partial charge is 0.496 e. The second kappa shape index (κ2) is 36.7. The summed E-state index contributed by atoms with van der Waals surface area (Å²) in [4.78, 5) is 75.5. The number of nitrogen functional groups attached to an aromatic ring is 1. The van der Waals surface area contributed by atoms with Gasteiger partial charge in [0, 0.05) is 85.4 Å². The number of hydrogen-bond acceptors (Lipinski definition) is 19. The van der Waals surface area contributed by atoms with Crippen molar-refractivity contribution in [2.24, 2.45) is 0 Å². The van der Waals surface area contributed by atoms with Gasteiger partial charge in [0.1, 0.15) is 45.4 Å². The molecule has 0 unspecified atom stereocenters. The highest BCUT2D eigenvalue weighted by molar-refractivity contribution is 14.1. The predicted molar refractivity (Wildman–Crippen MR) is 407 cm³/mol. The molecule has 4 amide bonds. The van der Waals surface area contributed by atoms with Gasteiger partial charge in [-0.1, -0.05) is 24.3 Å². The Morgan fingerprint density at radius 2 is 0.902 bits per heavy atom. The van der Waals surface area contributed by atoms with Gasteiger partial charge in [-0.05, 0) is 252 Å². The number of benzene rings is 4. The number of anilines is 1. The summed E-state index contributed by atoms with van der Waals surface area (Å²) in [5.41, 5.74) is 9.31. The first-order chi connectivity index (χ1) is 47.4. The molecule has 2 N–H and O–H groups in total. The van der Waals surface area contributed by atoms with E-state index in [0.29, 0.717) is 79.2 Å². The second-order valence-corrected chi connectivity index (χ2v) is 32.1. The van der Waals surface area contributed by atoms with Crippen LogP contribution in [0.25, 0.3) is 5.57 Å². The Balaban J connectivity index is 0.000000233. The minimum absolute atomic E-state index is 0.0117. The van der Waals surface area contributed by atoms with Crippen molar-refractivity contribution in [3.8, 4) is 23.0 Å². The third kappa shape index (κ3) is 26.3. The van der Waals surface area contributed by atoms with E-state index in [1.807, 2.05) is 141 Å². The zero-order chi connectivity index (χ0) is 76.5. The van der Waals surface area contributed by atoms with Gasteiger partial charge in [0.15, 0.2) is 0 Å².